The number of furan rings is 1. The van der Waals surface area contributed by atoms with E-state index in [1.54, 1.807) is 19.2 Å². The summed E-state index contributed by atoms with van der Waals surface area (Å²) < 4.78 is 23.8. The Hall–Kier alpha value is -2.56. The maximum absolute atomic E-state index is 13.6. The lowest BCUT2D eigenvalue weighted by Gasteiger charge is -2.13. The third-order valence-electron chi connectivity index (χ3n) is 3.16. The molecule has 0 spiro atoms. The first kappa shape index (κ1) is 15.8. The summed E-state index contributed by atoms with van der Waals surface area (Å²) in [7, 11) is 3.09. The van der Waals surface area contributed by atoms with Gasteiger partial charge in [-0.05, 0) is 42.8 Å². The molecule has 1 heterocycles. The van der Waals surface area contributed by atoms with Gasteiger partial charge in [0, 0.05) is 13.1 Å². The van der Waals surface area contributed by atoms with Crippen LogP contribution in [0.4, 0.5) is 4.39 Å². The minimum atomic E-state index is -0.462. The Labute approximate surface area is 128 Å². The summed E-state index contributed by atoms with van der Waals surface area (Å²) in [6.07, 6.45) is 2.96. The predicted octanol–water partition coefficient (Wildman–Crippen LogP) is 3.41. The van der Waals surface area contributed by atoms with Gasteiger partial charge in [0.15, 0.2) is 11.6 Å². The molecule has 116 valence electrons. The summed E-state index contributed by atoms with van der Waals surface area (Å²) in [5.41, 5.74) is 0.592. The fourth-order valence-corrected chi connectivity index (χ4v) is 1.96. The highest BCUT2D eigenvalue weighted by Crippen LogP contribution is 2.18. The van der Waals surface area contributed by atoms with Crippen LogP contribution in [0, 0.1) is 12.7 Å². The van der Waals surface area contributed by atoms with E-state index in [0.717, 1.165) is 11.5 Å². The van der Waals surface area contributed by atoms with Gasteiger partial charge in [0.2, 0.25) is 5.91 Å². The topological polar surface area (TPSA) is 42.7 Å². The highest BCUT2D eigenvalue weighted by molar-refractivity contribution is 5.91. The number of ether oxygens (including phenoxy) is 1. The monoisotopic (exact) mass is 303 g/mol. The van der Waals surface area contributed by atoms with Crippen molar-refractivity contribution in [3.8, 4) is 5.75 Å². The van der Waals surface area contributed by atoms with Gasteiger partial charge in [-0.25, -0.2) is 4.39 Å². The predicted molar refractivity (Wildman–Crippen MR) is 81.9 cm³/mol. The fraction of sp³-hybridized carbons (Fsp3) is 0.235. The van der Waals surface area contributed by atoms with Crippen molar-refractivity contribution in [1.82, 2.24) is 4.90 Å². The number of carbonyl (C=O) groups excluding carboxylic acids is 1. The molecule has 0 unspecified atom stereocenters. The zero-order chi connectivity index (χ0) is 16.1. The second-order valence-corrected chi connectivity index (χ2v) is 4.93. The molecule has 0 N–H and O–H groups in total. The number of nitrogens with zero attached hydrogens (tertiary/aromatic N) is 1. The normalized spacial score (nSPS) is 10.9. The first-order valence-corrected chi connectivity index (χ1v) is 6.81. The van der Waals surface area contributed by atoms with E-state index in [-0.39, 0.29) is 11.7 Å². The number of hydrogen-bond donors (Lipinski definition) is 0. The van der Waals surface area contributed by atoms with Crippen LogP contribution in [0.5, 0.6) is 5.75 Å². The van der Waals surface area contributed by atoms with Crippen molar-refractivity contribution in [2.24, 2.45) is 0 Å². The molecule has 22 heavy (non-hydrogen) atoms. The molecule has 4 nitrogen and oxygen atoms in total. The molecule has 2 aromatic rings. The lowest BCUT2D eigenvalue weighted by molar-refractivity contribution is -0.125. The fourth-order valence-electron chi connectivity index (χ4n) is 1.96. The van der Waals surface area contributed by atoms with Gasteiger partial charge in [0.05, 0.1) is 13.7 Å². The first-order valence-electron chi connectivity index (χ1n) is 6.81. The third-order valence-corrected chi connectivity index (χ3v) is 3.16. The van der Waals surface area contributed by atoms with Gasteiger partial charge in [-0.2, -0.15) is 0 Å². The highest BCUT2D eigenvalue weighted by Gasteiger charge is 2.08. The van der Waals surface area contributed by atoms with Crippen LogP contribution in [-0.2, 0) is 11.3 Å². The van der Waals surface area contributed by atoms with Crippen molar-refractivity contribution < 1.29 is 18.3 Å². The number of amides is 1. The van der Waals surface area contributed by atoms with Crippen molar-refractivity contribution in [3.63, 3.8) is 0 Å². The zero-order valence-corrected chi connectivity index (χ0v) is 12.8. The SMILES string of the molecule is COc1ccc(C=CC(=O)N(C)Cc2ccc(C)o2)cc1F. The van der Waals surface area contributed by atoms with Gasteiger partial charge >= 0.3 is 0 Å². The average Bonchev–Trinajstić information content (AvgIpc) is 2.90. The van der Waals surface area contributed by atoms with E-state index >= 15 is 0 Å². The number of methoxy groups -OCH3 is 1. The quantitative estimate of drug-likeness (QED) is 0.795. The lowest BCUT2D eigenvalue weighted by atomic mass is 10.2. The number of hydrogen-bond acceptors (Lipinski definition) is 3. The van der Waals surface area contributed by atoms with E-state index in [4.69, 9.17) is 9.15 Å². The van der Waals surface area contributed by atoms with E-state index in [1.165, 1.54) is 30.2 Å². The van der Waals surface area contributed by atoms with Crippen molar-refractivity contribution in [3.05, 3.63) is 59.3 Å². The molecule has 0 atom stereocenters. The number of carbonyl (C=O) groups is 1. The molecule has 1 aromatic heterocycles. The van der Waals surface area contributed by atoms with Gasteiger partial charge in [0.1, 0.15) is 11.5 Å². The largest absolute Gasteiger partial charge is 0.494 e. The van der Waals surface area contributed by atoms with Crippen LogP contribution in [0.25, 0.3) is 6.08 Å². The molecule has 0 saturated carbocycles. The van der Waals surface area contributed by atoms with Gasteiger partial charge in [-0.3, -0.25) is 4.79 Å². The summed E-state index contributed by atoms with van der Waals surface area (Å²) in [5.74, 6) is 1.05. The molecular formula is C17H18FNO3. The molecule has 0 bridgehead atoms. The molecule has 2 rings (SSSR count). The summed E-state index contributed by atoms with van der Waals surface area (Å²) in [5, 5.41) is 0. The van der Waals surface area contributed by atoms with Gasteiger partial charge in [0.25, 0.3) is 0 Å². The number of halogens is 1. The van der Waals surface area contributed by atoms with Crippen LogP contribution in [0.1, 0.15) is 17.1 Å². The number of benzene rings is 1. The van der Waals surface area contributed by atoms with Crippen LogP contribution in [0.15, 0.2) is 40.8 Å². The van der Waals surface area contributed by atoms with E-state index < -0.39 is 5.82 Å². The second kappa shape index (κ2) is 6.93. The molecule has 0 aliphatic carbocycles. The van der Waals surface area contributed by atoms with E-state index in [9.17, 15) is 9.18 Å². The van der Waals surface area contributed by atoms with Crippen LogP contribution in [0.3, 0.4) is 0 Å². The molecule has 0 aliphatic heterocycles. The Bertz CT molecular complexity index is 691. The van der Waals surface area contributed by atoms with Crippen molar-refractivity contribution in [2.45, 2.75) is 13.5 Å². The molecule has 0 fully saturated rings. The van der Waals surface area contributed by atoms with Gasteiger partial charge in [-0.15, -0.1) is 0 Å². The lowest BCUT2D eigenvalue weighted by Crippen LogP contribution is -2.23. The van der Waals surface area contributed by atoms with Gasteiger partial charge in [-0.1, -0.05) is 6.07 Å². The van der Waals surface area contributed by atoms with E-state index in [2.05, 4.69) is 0 Å². The minimum absolute atomic E-state index is 0.175. The molecule has 1 amide bonds. The maximum Gasteiger partial charge on any atom is 0.246 e. The Balaban J connectivity index is 1.99. The Kier molecular flexibility index (Phi) is 4.99. The minimum Gasteiger partial charge on any atom is -0.494 e. The summed E-state index contributed by atoms with van der Waals surface area (Å²) >= 11 is 0. The van der Waals surface area contributed by atoms with E-state index in [0.29, 0.717) is 12.1 Å². The summed E-state index contributed by atoms with van der Waals surface area (Å²) in [4.78, 5) is 13.5. The standard InChI is InChI=1S/C17H18FNO3/c1-12-4-7-14(22-12)11-19(2)17(20)9-6-13-5-8-16(21-3)15(18)10-13/h4-10H,11H2,1-3H3. The maximum atomic E-state index is 13.6. The number of rotatable bonds is 5. The van der Waals surface area contributed by atoms with E-state index in [1.807, 2.05) is 19.1 Å². The zero-order valence-electron chi connectivity index (χ0n) is 12.8. The highest BCUT2D eigenvalue weighted by atomic mass is 19.1. The number of aryl methyl sites for hydroxylation is 1. The Morgan fingerprint density at radius 1 is 1.36 bits per heavy atom. The Morgan fingerprint density at radius 3 is 2.73 bits per heavy atom. The van der Waals surface area contributed by atoms with Crippen molar-refractivity contribution in [2.75, 3.05) is 14.2 Å². The van der Waals surface area contributed by atoms with Crippen molar-refractivity contribution in [1.29, 1.82) is 0 Å². The number of likely N-dealkylation sites (N-methyl/N-ethyl adjacent to an activating group) is 1. The molecule has 0 saturated heterocycles. The third kappa shape index (κ3) is 3.97. The van der Waals surface area contributed by atoms with Gasteiger partial charge < -0.3 is 14.1 Å². The molecule has 5 heteroatoms. The van der Waals surface area contributed by atoms with Crippen LogP contribution in [-0.4, -0.2) is 25.0 Å². The first-order chi connectivity index (χ1) is 10.5. The second-order valence-electron chi connectivity index (χ2n) is 4.93. The molecule has 1 aromatic carbocycles. The summed E-state index contributed by atoms with van der Waals surface area (Å²) in [6, 6.07) is 8.21. The summed E-state index contributed by atoms with van der Waals surface area (Å²) in [6.45, 7) is 2.23. The van der Waals surface area contributed by atoms with Crippen LogP contribution < -0.4 is 4.74 Å². The molecule has 0 radical (unpaired) electrons. The molecule has 0 aliphatic rings. The van der Waals surface area contributed by atoms with Crippen molar-refractivity contribution >= 4 is 12.0 Å². The Morgan fingerprint density at radius 2 is 2.14 bits per heavy atom. The molecular weight excluding hydrogens is 285 g/mol. The smallest absolute Gasteiger partial charge is 0.246 e. The van der Waals surface area contributed by atoms with Crippen LogP contribution >= 0.6 is 0 Å². The van der Waals surface area contributed by atoms with Crippen LogP contribution in [0.2, 0.25) is 0 Å². The average molecular weight is 303 g/mol.